The van der Waals surface area contributed by atoms with Crippen LogP contribution in [0, 0.1) is 11.6 Å². The van der Waals surface area contributed by atoms with Crippen LogP contribution < -0.4 is 0 Å². The molecule has 1 aliphatic rings. The van der Waals surface area contributed by atoms with Crippen molar-refractivity contribution in [2.75, 3.05) is 0 Å². The molecule has 0 amide bonds. The number of H-pyrrole nitrogens is 1. The molecular formula is C11H12N4S. The standard InChI is InChI=1S/C11H12N4S/c1-7-8-3-2-4-9(8)15(14-7)10-5-11(16)13-6-12-10/h5-6H,2-4H2,1H3,(H,12,13,16). The van der Waals surface area contributed by atoms with E-state index in [1.165, 1.54) is 17.7 Å². The first-order valence-corrected chi connectivity index (χ1v) is 5.79. The lowest BCUT2D eigenvalue weighted by molar-refractivity contribution is 0.753. The first-order chi connectivity index (χ1) is 7.75. The van der Waals surface area contributed by atoms with Gasteiger partial charge in [-0.2, -0.15) is 5.10 Å². The fourth-order valence-electron chi connectivity index (χ4n) is 2.30. The van der Waals surface area contributed by atoms with Crippen molar-refractivity contribution in [3.63, 3.8) is 0 Å². The lowest BCUT2D eigenvalue weighted by Crippen LogP contribution is -2.04. The first-order valence-electron chi connectivity index (χ1n) is 5.38. The molecule has 2 heterocycles. The molecule has 0 spiro atoms. The summed E-state index contributed by atoms with van der Waals surface area (Å²) < 4.78 is 2.56. The van der Waals surface area contributed by atoms with Crippen molar-refractivity contribution >= 4 is 12.2 Å². The Hall–Kier alpha value is -1.49. The normalized spacial score (nSPS) is 14.1. The highest BCUT2D eigenvalue weighted by Crippen LogP contribution is 2.26. The number of hydrogen-bond donors (Lipinski definition) is 1. The molecule has 1 N–H and O–H groups in total. The molecule has 0 saturated heterocycles. The molecule has 0 unspecified atom stereocenters. The Labute approximate surface area is 98.3 Å². The zero-order valence-electron chi connectivity index (χ0n) is 9.03. The van der Waals surface area contributed by atoms with Crippen LogP contribution in [0.1, 0.15) is 23.4 Å². The van der Waals surface area contributed by atoms with Crippen molar-refractivity contribution in [3.05, 3.63) is 34.0 Å². The molecule has 1 aliphatic carbocycles. The fourth-order valence-corrected chi connectivity index (χ4v) is 2.47. The van der Waals surface area contributed by atoms with Crippen molar-refractivity contribution in [1.29, 1.82) is 0 Å². The maximum Gasteiger partial charge on any atom is 0.135 e. The number of hydrogen-bond acceptors (Lipinski definition) is 3. The molecule has 0 saturated carbocycles. The minimum absolute atomic E-state index is 0.591. The molecule has 0 aliphatic heterocycles. The van der Waals surface area contributed by atoms with Gasteiger partial charge in [-0.15, -0.1) is 0 Å². The summed E-state index contributed by atoms with van der Waals surface area (Å²) in [6, 6.07) is 1.85. The molecule has 0 bridgehead atoms. The predicted octanol–water partition coefficient (Wildman–Crippen LogP) is 2.12. The average molecular weight is 232 g/mol. The second kappa shape index (κ2) is 3.52. The summed E-state index contributed by atoms with van der Waals surface area (Å²) in [5.74, 6) is 0.909. The third-order valence-electron chi connectivity index (χ3n) is 3.02. The largest absolute Gasteiger partial charge is 0.331 e. The van der Waals surface area contributed by atoms with E-state index < -0.39 is 0 Å². The van der Waals surface area contributed by atoms with E-state index in [0.29, 0.717) is 4.64 Å². The van der Waals surface area contributed by atoms with E-state index in [1.807, 2.05) is 10.7 Å². The van der Waals surface area contributed by atoms with Gasteiger partial charge in [0.05, 0.1) is 12.0 Å². The first kappa shape index (κ1) is 9.72. The van der Waals surface area contributed by atoms with Crippen LogP contribution in [0.4, 0.5) is 0 Å². The van der Waals surface area contributed by atoms with Crippen molar-refractivity contribution in [2.24, 2.45) is 0 Å². The van der Waals surface area contributed by atoms with Crippen LogP contribution in [-0.2, 0) is 12.8 Å². The van der Waals surface area contributed by atoms with Gasteiger partial charge in [-0.1, -0.05) is 12.2 Å². The minimum atomic E-state index is 0.591. The number of nitrogens with one attached hydrogen (secondary N) is 1. The summed E-state index contributed by atoms with van der Waals surface area (Å²) in [5.41, 5.74) is 3.84. The Morgan fingerprint density at radius 3 is 3.12 bits per heavy atom. The van der Waals surface area contributed by atoms with Gasteiger partial charge in [0.2, 0.25) is 0 Å². The topological polar surface area (TPSA) is 46.5 Å². The second-order valence-corrected chi connectivity index (χ2v) is 4.46. The van der Waals surface area contributed by atoms with Gasteiger partial charge in [0.25, 0.3) is 0 Å². The summed E-state index contributed by atoms with van der Waals surface area (Å²) >= 11 is 5.06. The third kappa shape index (κ3) is 1.39. The van der Waals surface area contributed by atoms with E-state index in [-0.39, 0.29) is 0 Å². The Kier molecular flexibility index (Phi) is 2.14. The van der Waals surface area contributed by atoms with Gasteiger partial charge in [0.15, 0.2) is 0 Å². The maximum absolute atomic E-state index is 5.06. The van der Waals surface area contributed by atoms with E-state index in [2.05, 4.69) is 22.0 Å². The molecule has 16 heavy (non-hydrogen) atoms. The summed E-state index contributed by atoms with van der Waals surface area (Å²) in [6.07, 6.45) is 5.09. The van der Waals surface area contributed by atoms with E-state index >= 15 is 0 Å². The van der Waals surface area contributed by atoms with Gasteiger partial charge in [-0.25, -0.2) is 9.67 Å². The smallest absolute Gasteiger partial charge is 0.135 e. The highest BCUT2D eigenvalue weighted by Gasteiger charge is 2.20. The molecule has 0 fully saturated rings. The molecule has 2 aromatic rings. The van der Waals surface area contributed by atoms with Crippen LogP contribution >= 0.6 is 12.2 Å². The third-order valence-corrected chi connectivity index (χ3v) is 3.25. The van der Waals surface area contributed by atoms with Crippen molar-refractivity contribution < 1.29 is 0 Å². The Morgan fingerprint density at radius 1 is 1.44 bits per heavy atom. The molecule has 4 nitrogen and oxygen atoms in total. The number of aromatic amines is 1. The Morgan fingerprint density at radius 2 is 2.31 bits per heavy atom. The van der Waals surface area contributed by atoms with Crippen LogP contribution in [0.5, 0.6) is 0 Å². The number of nitrogens with zero attached hydrogens (tertiary/aromatic N) is 3. The number of aromatic nitrogens is 4. The maximum atomic E-state index is 5.06. The van der Waals surface area contributed by atoms with Gasteiger partial charge >= 0.3 is 0 Å². The van der Waals surface area contributed by atoms with Gasteiger partial charge in [-0.05, 0) is 31.7 Å². The van der Waals surface area contributed by atoms with E-state index in [1.54, 1.807) is 6.33 Å². The average Bonchev–Trinajstić information content (AvgIpc) is 2.83. The molecular weight excluding hydrogens is 220 g/mol. The van der Waals surface area contributed by atoms with Crippen molar-refractivity contribution in [2.45, 2.75) is 26.2 Å². The van der Waals surface area contributed by atoms with Crippen LogP contribution in [0.2, 0.25) is 0 Å². The van der Waals surface area contributed by atoms with E-state index in [4.69, 9.17) is 12.2 Å². The number of fused-ring (bicyclic) bond motifs is 1. The number of rotatable bonds is 1. The molecule has 0 atom stereocenters. The van der Waals surface area contributed by atoms with E-state index in [9.17, 15) is 0 Å². The molecule has 0 aromatic carbocycles. The predicted molar refractivity (Wildman–Crippen MR) is 63.3 cm³/mol. The number of aryl methyl sites for hydroxylation is 1. The monoisotopic (exact) mass is 232 g/mol. The van der Waals surface area contributed by atoms with Crippen LogP contribution in [0.25, 0.3) is 5.82 Å². The van der Waals surface area contributed by atoms with Gasteiger partial charge in [-0.3, -0.25) is 0 Å². The molecule has 3 rings (SSSR count). The van der Waals surface area contributed by atoms with Gasteiger partial charge in [0.1, 0.15) is 10.5 Å². The van der Waals surface area contributed by atoms with Crippen molar-refractivity contribution in [3.8, 4) is 5.82 Å². The van der Waals surface area contributed by atoms with Crippen LogP contribution in [-0.4, -0.2) is 19.7 Å². The molecule has 0 radical (unpaired) electrons. The lowest BCUT2D eigenvalue weighted by atomic mass is 10.2. The Balaban J connectivity index is 2.21. The summed E-state index contributed by atoms with van der Waals surface area (Å²) in [5, 5.41) is 4.55. The zero-order valence-corrected chi connectivity index (χ0v) is 9.84. The molecule has 2 aromatic heterocycles. The highest BCUT2D eigenvalue weighted by molar-refractivity contribution is 7.71. The lowest BCUT2D eigenvalue weighted by Gasteiger charge is -2.04. The molecule has 5 heteroatoms. The van der Waals surface area contributed by atoms with Crippen molar-refractivity contribution in [1.82, 2.24) is 19.7 Å². The van der Waals surface area contributed by atoms with E-state index in [0.717, 1.165) is 24.4 Å². The Bertz CT molecular complexity index is 596. The summed E-state index contributed by atoms with van der Waals surface area (Å²) in [4.78, 5) is 7.08. The summed E-state index contributed by atoms with van der Waals surface area (Å²) in [7, 11) is 0. The quantitative estimate of drug-likeness (QED) is 0.766. The SMILES string of the molecule is Cc1nn(-c2cc(=S)nc[nH]2)c2c1CCC2. The molecule has 82 valence electrons. The van der Waals surface area contributed by atoms with Gasteiger partial charge in [0, 0.05) is 11.8 Å². The van der Waals surface area contributed by atoms with Crippen LogP contribution in [0.3, 0.4) is 0 Å². The zero-order chi connectivity index (χ0) is 11.1. The highest BCUT2D eigenvalue weighted by atomic mass is 32.1. The summed E-state index contributed by atoms with van der Waals surface area (Å²) in [6.45, 7) is 2.07. The second-order valence-electron chi connectivity index (χ2n) is 4.05. The fraction of sp³-hybridized carbons (Fsp3) is 0.364. The minimum Gasteiger partial charge on any atom is -0.331 e. The van der Waals surface area contributed by atoms with Crippen LogP contribution in [0.15, 0.2) is 12.4 Å². The van der Waals surface area contributed by atoms with Gasteiger partial charge < -0.3 is 4.98 Å².